The summed E-state index contributed by atoms with van der Waals surface area (Å²) in [7, 11) is 0. The second-order valence-corrected chi connectivity index (χ2v) is 6.72. The average molecular weight is 351 g/mol. The molecule has 26 heavy (non-hydrogen) atoms. The minimum atomic E-state index is -0.230. The lowest BCUT2D eigenvalue weighted by atomic mass is 10.1. The summed E-state index contributed by atoms with van der Waals surface area (Å²) >= 11 is 0. The molecule has 5 nitrogen and oxygen atoms in total. The van der Waals surface area contributed by atoms with Crippen LogP contribution in [-0.4, -0.2) is 46.3 Å². The molecule has 4 rings (SSSR count). The summed E-state index contributed by atoms with van der Waals surface area (Å²) in [6.45, 7) is 6.79. The molecule has 1 fully saturated rings. The number of H-pyrrole nitrogens is 1. The van der Waals surface area contributed by atoms with E-state index in [2.05, 4.69) is 38.0 Å². The van der Waals surface area contributed by atoms with Crippen LogP contribution in [0.15, 0.2) is 48.8 Å². The van der Waals surface area contributed by atoms with Crippen molar-refractivity contribution in [1.82, 2.24) is 20.1 Å². The molecule has 0 saturated carbocycles. The number of halogens is 1. The molecule has 1 aliphatic rings. The normalized spacial score (nSPS) is 15.4. The van der Waals surface area contributed by atoms with E-state index in [1.165, 1.54) is 17.7 Å². The number of hydrogen-bond acceptors (Lipinski definition) is 4. The quantitative estimate of drug-likeness (QED) is 0.784. The zero-order valence-corrected chi connectivity index (χ0v) is 14.8. The number of piperazine rings is 1. The van der Waals surface area contributed by atoms with Crippen LogP contribution in [0.5, 0.6) is 0 Å². The first-order valence-electron chi connectivity index (χ1n) is 8.87. The van der Waals surface area contributed by atoms with E-state index >= 15 is 0 Å². The highest BCUT2D eigenvalue weighted by atomic mass is 19.1. The van der Waals surface area contributed by atoms with E-state index in [0.29, 0.717) is 0 Å². The van der Waals surface area contributed by atoms with Crippen LogP contribution < -0.4 is 4.90 Å². The molecule has 1 N–H and O–H groups in total. The van der Waals surface area contributed by atoms with Crippen molar-refractivity contribution in [2.45, 2.75) is 13.5 Å². The lowest BCUT2D eigenvalue weighted by Crippen LogP contribution is -2.46. The third-order valence-corrected chi connectivity index (χ3v) is 4.83. The Kier molecular flexibility index (Phi) is 4.67. The minimum absolute atomic E-state index is 0.230. The van der Waals surface area contributed by atoms with Crippen molar-refractivity contribution >= 4 is 5.82 Å². The van der Waals surface area contributed by atoms with E-state index < -0.39 is 0 Å². The largest absolute Gasteiger partial charge is 0.354 e. The number of rotatable bonds is 4. The highest BCUT2D eigenvalue weighted by Gasteiger charge is 2.20. The highest BCUT2D eigenvalue weighted by molar-refractivity contribution is 5.62. The number of nitrogens with one attached hydrogen (secondary N) is 1. The van der Waals surface area contributed by atoms with Gasteiger partial charge in [0.25, 0.3) is 0 Å². The SMILES string of the molecule is Cc1ccnc(N2CCN(Cc3c[nH]nc3-c3ccc(F)cc3)CC2)c1. The van der Waals surface area contributed by atoms with Gasteiger partial charge in [-0.2, -0.15) is 5.10 Å². The molecule has 1 aliphatic heterocycles. The van der Waals surface area contributed by atoms with Gasteiger partial charge in [-0.3, -0.25) is 10.00 Å². The predicted molar refractivity (Wildman–Crippen MR) is 100 cm³/mol. The Labute approximate surface area is 152 Å². The third kappa shape index (κ3) is 3.60. The van der Waals surface area contributed by atoms with Gasteiger partial charge in [0.1, 0.15) is 11.6 Å². The maximum Gasteiger partial charge on any atom is 0.128 e. The molecule has 2 aromatic heterocycles. The van der Waals surface area contributed by atoms with Crippen molar-refractivity contribution in [3.63, 3.8) is 0 Å². The molecule has 0 spiro atoms. The monoisotopic (exact) mass is 351 g/mol. The maximum atomic E-state index is 13.2. The molecule has 134 valence electrons. The van der Waals surface area contributed by atoms with E-state index in [4.69, 9.17) is 0 Å². The first-order chi connectivity index (χ1) is 12.7. The number of pyridine rings is 1. The van der Waals surface area contributed by atoms with Crippen molar-refractivity contribution < 1.29 is 4.39 Å². The van der Waals surface area contributed by atoms with Crippen molar-refractivity contribution in [3.05, 3.63) is 65.7 Å². The van der Waals surface area contributed by atoms with Crippen molar-refractivity contribution in [2.24, 2.45) is 0 Å². The van der Waals surface area contributed by atoms with Gasteiger partial charge < -0.3 is 4.90 Å². The van der Waals surface area contributed by atoms with Crippen LogP contribution in [-0.2, 0) is 6.54 Å². The number of hydrogen-bond donors (Lipinski definition) is 1. The van der Waals surface area contributed by atoms with Gasteiger partial charge in [0.05, 0.1) is 5.69 Å². The lowest BCUT2D eigenvalue weighted by molar-refractivity contribution is 0.249. The maximum absolute atomic E-state index is 13.2. The Hall–Kier alpha value is -2.73. The van der Waals surface area contributed by atoms with Gasteiger partial charge in [-0.05, 0) is 48.9 Å². The third-order valence-electron chi connectivity index (χ3n) is 4.83. The molecule has 0 aliphatic carbocycles. The fourth-order valence-corrected chi connectivity index (χ4v) is 3.36. The summed E-state index contributed by atoms with van der Waals surface area (Å²) in [5.74, 6) is 0.826. The van der Waals surface area contributed by atoms with Gasteiger partial charge in [-0.25, -0.2) is 9.37 Å². The van der Waals surface area contributed by atoms with Gasteiger partial charge in [0, 0.05) is 56.2 Å². The van der Waals surface area contributed by atoms with Crippen molar-refractivity contribution in [3.8, 4) is 11.3 Å². The summed E-state index contributed by atoms with van der Waals surface area (Å²) in [5.41, 5.74) is 4.21. The van der Waals surface area contributed by atoms with Gasteiger partial charge in [0.15, 0.2) is 0 Å². The van der Waals surface area contributed by atoms with E-state index in [9.17, 15) is 4.39 Å². The van der Waals surface area contributed by atoms with Gasteiger partial charge in [0.2, 0.25) is 0 Å². The van der Waals surface area contributed by atoms with Gasteiger partial charge >= 0.3 is 0 Å². The Morgan fingerprint density at radius 3 is 2.58 bits per heavy atom. The average Bonchev–Trinajstić information content (AvgIpc) is 3.11. The second kappa shape index (κ2) is 7.25. The van der Waals surface area contributed by atoms with Crippen LogP contribution >= 0.6 is 0 Å². The number of aromatic amines is 1. The van der Waals surface area contributed by atoms with Crippen LogP contribution in [0.1, 0.15) is 11.1 Å². The Morgan fingerprint density at radius 1 is 1.08 bits per heavy atom. The van der Waals surface area contributed by atoms with E-state index in [0.717, 1.165) is 55.4 Å². The first-order valence-corrected chi connectivity index (χ1v) is 8.87. The van der Waals surface area contributed by atoms with Crippen LogP contribution in [0.3, 0.4) is 0 Å². The summed E-state index contributed by atoms with van der Waals surface area (Å²) in [5, 5.41) is 7.31. The summed E-state index contributed by atoms with van der Waals surface area (Å²) in [4.78, 5) is 9.24. The van der Waals surface area contributed by atoms with Crippen LogP contribution in [0.25, 0.3) is 11.3 Å². The Bertz CT molecular complexity index is 866. The molecule has 0 bridgehead atoms. The standard InChI is InChI=1S/C20H22FN5/c1-15-6-7-22-19(12-15)26-10-8-25(9-11-26)14-17-13-23-24-20(17)16-2-4-18(21)5-3-16/h2-7,12-13H,8-11,14H2,1H3,(H,23,24). The zero-order valence-electron chi connectivity index (χ0n) is 14.8. The summed E-state index contributed by atoms with van der Waals surface area (Å²) < 4.78 is 13.2. The number of nitrogens with zero attached hydrogens (tertiary/aromatic N) is 4. The van der Waals surface area contributed by atoms with Crippen molar-refractivity contribution in [1.29, 1.82) is 0 Å². The molecule has 0 atom stereocenters. The summed E-state index contributed by atoms with van der Waals surface area (Å²) in [6, 6.07) is 10.7. The van der Waals surface area contributed by atoms with Crippen molar-refractivity contribution in [2.75, 3.05) is 31.1 Å². The minimum Gasteiger partial charge on any atom is -0.354 e. The molecular weight excluding hydrogens is 329 g/mol. The fraction of sp³-hybridized carbons (Fsp3) is 0.300. The van der Waals surface area contributed by atoms with E-state index in [1.54, 1.807) is 12.1 Å². The van der Waals surface area contributed by atoms with E-state index in [-0.39, 0.29) is 5.82 Å². The molecule has 1 aromatic carbocycles. The highest BCUT2D eigenvalue weighted by Crippen LogP contribution is 2.23. The number of aryl methyl sites for hydroxylation is 1. The van der Waals surface area contributed by atoms with Crippen LogP contribution in [0.4, 0.5) is 10.2 Å². The Morgan fingerprint density at radius 2 is 1.85 bits per heavy atom. The predicted octanol–water partition coefficient (Wildman–Crippen LogP) is 3.24. The van der Waals surface area contributed by atoms with E-state index in [1.807, 2.05) is 18.5 Å². The van der Waals surface area contributed by atoms with Crippen LogP contribution in [0.2, 0.25) is 0 Å². The zero-order chi connectivity index (χ0) is 17.9. The molecule has 0 radical (unpaired) electrons. The molecule has 6 heteroatoms. The molecule has 3 heterocycles. The van der Waals surface area contributed by atoms with Crippen LogP contribution in [0, 0.1) is 12.7 Å². The topological polar surface area (TPSA) is 48.1 Å². The number of anilines is 1. The number of aromatic nitrogens is 3. The fourth-order valence-electron chi connectivity index (χ4n) is 3.36. The molecule has 3 aromatic rings. The molecule has 1 saturated heterocycles. The lowest BCUT2D eigenvalue weighted by Gasteiger charge is -2.35. The van der Waals surface area contributed by atoms with Gasteiger partial charge in [-0.1, -0.05) is 0 Å². The summed E-state index contributed by atoms with van der Waals surface area (Å²) in [6.07, 6.45) is 3.81. The molecular formula is C20H22FN5. The number of benzene rings is 1. The second-order valence-electron chi connectivity index (χ2n) is 6.72. The molecule has 0 amide bonds. The van der Waals surface area contributed by atoms with Gasteiger partial charge in [-0.15, -0.1) is 0 Å². The molecule has 0 unspecified atom stereocenters. The Balaban J connectivity index is 1.41. The smallest absolute Gasteiger partial charge is 0.128 e. The first kappa shape index (κ1) is 16.7.